The number of oxime groups is 1. The molecule has 0 amide bonds. The van der Waals surface area contributed by atoms with Gasteiger partial charge in [0.1, 0.15) is 18.0 Å². The van der Waals surface area contributed by atoms with Gasteiger partial charge in [0.15, 0.2) is 0 Å². The molecule has 0 atom stereocenters. The Kier molecular flexibility index (Phi) is 7.54. The van der Waals surface area contributed by atoms with Crippen molar-refractivity contribution >= 4 is 34.6 Å². The second-order valence-electron chi connectivity index (χ2n) is 6.19. The Morgan fingerprint density at radius 2 is 2.08 bits per heavy atom. The molecule has 5 nitrogen and oxygen atoms in total. The fourth-order valence-electron chi connectivity index (χ4n) is 2.29. The van der Waals surface area contributed by atoms with Crippen molar-refractivity contribution in [2.45, 2.75) is 33.6 Å². The lowest BCUT2D eigenvalue weighted by Crippen LogP contribution is -2.13. The summed E-state index contributed by atoms with van der Waals surface area (Å²) < 4.78 is 0. The smallest absolute Gasteiger partial charge is 0.117 e. The van der Waals surface area contributed by atoms with Crippen LogP contribution in [-0.4, -0.2) is 28.0 Å². The highest BCUT2D eigenvalue weighted by atomic mass is 35.5. The fourth-order valence-corrected chi connectivity index (χ4v) is 2.76. The van der Waals surface area contributed by atoms with Crippen LogP contribution in [0, 0.1) is 11.3 Å². The van der Waals surface area contributed by atoms with E-state index in [1.165, 1.54) is 0 Å². The Hall–Kier alpha value is -1.98. The van der Waals surface area contributed by atoms with E-state index in [1.807, 2.05) is 32.0 Å². The van der Waals surface area contributed by atoms with Crippen LogP contribution < -0.4 is 0 Å². The van der Waals surface area contributed by atoms with Gasteiger partial charge in [-0.3, -0.25) is 9.97 Å². The van der Waals surface area contributed by atoms with Crippen LogP contribution in [-0.2, 0) is 11.3 Å². The van der Waals surface area contributed by atoms with Crippen molar-refractivity contribution < 1.29 is 4.84 Å². The van der Waals surface area contributed by atoms with E-state index >= 15 is 0 Å². The monoisotopic (exact) mass is 392 g/mol. The van der Waals surface area contributed by atoms with Crippen molar-refractivity contribution in [3.8, 4) is 0 Å². The molecule has 0 unspecified atom stereocenters. The predicted molar refractivity (Wildman–Crippen MR) is 107 cm³/mol. The first-order chi connectivity index (χ1) is 12.4. The summed E-state index contributed by atoms with van der Waals surface area (Å²) in [5.74, 6) is 0.107. The summed E-state index contributed by atoms with van der Waals surface area (Å²) in [6.45, 7) is 6.19. The third kappa shape index (κ3) is 5.78. The average molecular weight is 393 g/mol. The van der Waals surface area contributed by atoms with E-state index in [4.69, 9.17) is 33.4 Å². The minimum absolute atomic E-state index is 0.107. The number of nitrogens with zero attached hydrogens (tertiary/aromatic N) is 3. The van der Waals surface area contributed by atoms with E-state index in [2.05, 4.69) is 15.1 Å². The van der Waals surface area contributed by atoms with Crippen LogP contribution in [0.4, 0.5) is 0 Å². The van der Waals surface area contributed by atoms with Gasteiger partial charge in [-0.1, -0.05) is 48.3 Å². The maximum atomic E-state index is 7.64. The lowest BCUT2D eigenvalue weighted by Gasteiger charge is -2.11. The van der Waals surface area contributed by atoms with Crippen molar-refractivity contribution in [3.05, 3.63) is 57.6 Å². The first kappa shape index (κ1) is 20.3. The summed E-state index contributed by atoms with van der Waals surface area (Å²) >= 11 is 12.1. The number of pyridine rings is 2. The molecular weight excluding hydrogens is 371 g/mol. The van der Waals surface area contributed by atoms with Crippen molar-refractivity contribution in [1.29, 1.82) is 5.41 Å². The second kappa shape index (κ2) is 9.64. The zero-order valence-electron chi connectivity index (χ0n) is 15.1. The van der Waals surface area contributed by atoms with Crippen molar-refractivity contribution in [2.24, 2.45) is 11.1 Å². The molecule has 0 spiro atoms. The van der Waals surface area contributed by atoms with Crippen molar-refractivity contribution in [1.82, 2.24) is 9.97 Å². The van der Waals surface area contributed by atoms with Crippen molar-refractivity contribution in [3.63, 3.8) is 0 Å². The summed E-state index contributed by atoms with van der Waals surface area (Å²) in [7, 11) is 0. The molecule has 0 saturated heterocycles. The zero-order valence-corrected chi connectivity index (χ0v) is 16.6. The molecule has 2 heterocycles. The maximum absolute atomic E-state index is 7.64. The molecule has 0 radical (unpaired) electrons. The highest BCUT2D eigenvalue weighted by Gasteiger charge is 2.15. The summed E-state index contributed by atoms with van der Waals surface area (Å²) in [4.78, 5) is 14.2. The van der Waals surface area contributed by atoms with Gasteiger partial charge in [0.2, 0.25) is 0 Å². The molecule has 0 fully saturated rings. The quantitative estimate of drug-likeness (QED) is 0.382. The van der Waals surface area contributed by atoms with E-state index in [1.54, 1.807) is 19.2 Å². The molecule has 0 saturated carbocycles. The fraction of sp³-hybridized carbons (Fsp3) is 0.368. The molecule has 2 aromatic heterocycles. The minimum Gasteiger partial charge on any atom is -0.396 e. The van der Waals surface area contributed by atoms with Gasteiger partial charge >= 0.3 is 0 Å². The Labute approximate surface area is 163 Å². The number of hydrogen-bond acceptors (Lipinski definition) is 5. The third-order valence-electron chi connectivity index (χ3n) is 3.62. The SMILES string of the molecule is CC(=N)c1cccc(CCCO/N=C(/c2ncc(Cl)cc2Cl)C(C)C)n1. The third-order valence-corrected chi connectivity index (χ3v) is 4.11. The Balaban J connectivity index is 1.95. The van der Waals surface area contributed by atoms with E-state index in [0.717, 1.165) is 18.5 Å². The van der Waals surface area contributed by atoms with Crippen LogP contribution in [0.3, 0.4) is 0 Å². The topological polar surface area (TPSA) is 71.2 Å². The number of aromatic nitrogens is 2. The normalized spacial score (nSPS) is 11.7. The molecule has 0 aliphatic heterocycles. The molecule has 138 valence electrons. The zero-order chi connectivity index (χ0) is 19.1. The summed E-state index contributed by atoms with van der Waals surface area (Å²) in [5, 5.41) is 12.8. The predicted octanol–water partition coefficient (Wildman–Crippen LogP) is 5.18. The molecule has 0 aliphatic carbocycles. The Morgan fingerprint density at radius 1 is 1.31 bits per heavy atom. The Morgan fingerprint density at radius 3 is 2.73 bits per heavy atom. The van der Waals surface area contributed by atoms with E-state index in [9.17, 15) is 0 Å². The first-order valence-corrected chi connectivity index (χ1v) is 9.16. The first-order valence-electron chi connectivity index (χ1n) is 8.41. The molecule has 0 aromatic carbocycles. The lowest BCUT2D eigenvalue weighted by molar-refractivity contribution is 0.140. The van der Waals surface area contributed by atoms with Gasteiger partial charge in [0.05, 0.1) is 21.5 Å². The van der Waals surface area contributed by atoms with Gasteiger partial charge in [-0.2, -0.15) is 0 Å². The van der Waals surface area contributed by atoms with Crippen LogP contribution in [0.25, 0.3) is 0 Å². The van der Waals surface area contributed by atoms with Gasteiger partial charge in [0.25, 0.3) is 0 Å². The number of rotatable bonds is 8. The van der Waals surface area contributed by atoms with Gasteiger partial charge < -0.3 is 10.2 Å². The largest absolute Gasteiger partial charge is 0.396 e. The number of hydrogen-bond donors (Lipinski definition) is 1. The highest BCUT2D eigenvalue weighted by molar-refractivity contribution is 6.36. The van der Waals surface area contributed by atoms with Crippen LogP contribution in [0.2, 0.25) is 10.0 Å². The molecular formula is C19H22Cl2N4O. The second-order valence-corrected chi connectivity index (χ2v) is 7.03. The van der Waals surface area contributed by atoms with Crippen LogP contribution in [0.1, 0.15) is 44.3 Å². The Bertz CT molecular complexity index is 806. The van der Waals surface area contributed by atoms with Crippen LogP contribution >= 0.6 is 23.2 Å². The molecule has 26 heavy (non-hydrogen) atoms. The summed E-state index contributed by atoms with van der Waals surface area (Å²) in [6, 6.07) is 7.35. The van der Waals surface area contributed by atoms with Crippen LogP contribution in [0.15, 0.2) is 35.6 Å². The van der Waals surface area contributed by atoms with E-state index in [0.29, 0.717) is 39.5 Å². The number of aryl methyl sites for hydroxylation is 1. The minimum atomic E-state index is 0.107. The number of halogens is 2. The number of nitrogens with one attached hydrogen (secondary N) is 1. The summed E-state index contributed by atoms with van der Waals surface area (Å²) in [5.41, 5.74) is 3.37. The van der Waals surface area contributed by atoms with Gasteiger partial charge in [-0.25, -0.2) is 0 Å². The van der Waals surface area contributed by atoms with Gasteiger partial charge in [0, 0.05) is 17.8 Å². The molecule has 2 rings (SSSR count). The van der Waals surface area contributed by atoms with Gasteiger partial charge in [-0.05, 0) is 38.0 Å². The molecule has 1 N–H and O–H groups in total. The standard InChI is InChI=1S/C19H22Cl2N4O/c1-12(2)18(19-16(21)10-14(20)11-23-19)25-26-9-5-7-15-6-4-8-17(24-15)13(3)22/h4,6,8,10-12,22H,5,7,9H2,1-3H3/b22-13?,25-18+. The van der Waals surface area contributed by atoms with E-state index < -0.39 is 0 Å². The molecule has 0 aliphatic rings. The lowest BCUT2D eigenvalue weighted by atomic mass is 10.0. The average Bonchev–Trinajstić information content (AvgIpc) is 2.59. The molecule has 7 heteroatoms. The molecule has 2 aromatic rings. The summed E-state index contributed by atoms with van der Waals surface area (Å²) in [6.07, 6.45) is 3.07. The van der Waals surface area contributed by atoms with Crippen molar-refractivity contribution in [2.75, 3.05) is 6.61 Å². The highest BCUT2D eigenvalue weighted by Crippen LogP contribution is 2.21. The van der Waals surface area contributed by atoms with E-state index in [-0.39, 0.29) is 5.92 Å². The maximum Gasteiger partial charge on any atom is 0.117 e. The molecule has 0 bridgehead atoms. The van der Waals surface area contributed by atoms with Gasteiger partial charge in [-0.15, -0.1) is 0 Å². The van der Waals surface area contributed by atoms with Crippen LogP contribution in [0.5, 0.6) is 0 Å².